The lowest BCUT2D eigenvalue weighted by Crippen LogP contribution is -1.92. The van der Waals surface area contributed by atoms with Crippen molar-refractivity contribution in [3.63, 3.8) is 0 Å². The lowest BCUT2D eigenvalue weighted by Gasteiger charge is -2.05. The fraction of sp³-hybridized carbons (Fsp3) is 0.167. The van der Waals surface area contributed by atoms with Crippen LogP contribution in [0.5, 0.6) is 0 Å². The quantitative estimate of drug-likeness (QED) is 0.784. The summed E-state index contributed by atoms with van der Waals surface area (Å²) in [5.74, 6) is 1.18. The molecule has 0 saturated carbocycles. The van der Waals surface area contributed by atoms with E-state index in [-0.39, 0.29) is 0 Å². The molecule has 0 radical (unpaired) electrons. The lowest BCUT2D eigenvalue weighted by molar-refractivity contribution is 1.12. The van der Waals surface area contributed by atoms with E-state index >= 15 is 0 Å². The summed E-state index contributed by atoms with van der Waals surface area (Å²) in [5, 5.41) is 0. The predicted octanol–water partition coefficient (Wildman–Crippen LogP) is 3.95. The molecule has 0 aliphatic heterocycles. The van der Waals surface area contributed by atoms with Gasteiger partial charge in [0.15, 0.2) is 5.82 Å². The molecule has 4 heteroatoms. The van der Waals surface area contributed by atoms with E-state index in [1.165, 1.54) is 0 Å². The molecule has 1 aromatic heterocycles. The van der Waals surface area contributed by atoms with Gasteiger partial charge in [-0.1, -0.05) is 15.9 Å². The van der Waals surface area contributed by atoms with Crippen LogP contribution >= 0.6 is 27.5 Å². The maximum atomic E-state index is 5.69. The van der Waals surface area contributed by atoms with E-state index in [4.69, 9.17) is 11.6 Å². The van der Waals surface area contributed by atoms with Crippen LogP contribution in [0.15, 0.2) is 35.1 Å². The maximum absolute atomic E-state index is 5.69. The Balaban J connectivity index is 2.42. The molecule has 0 bridgehead atoms. The van der Waals surface area contributed by atoms with Gasteiger partial charge in [-0.15, -0.1) is 11.6 Å². The van der Waals surface area contributed by atoms with Crippen molar-refractivity contribution in [1.82, 2.24) is 9.97 Å². The minimum absolute atomic E-state index is 0.444. The van der Waals surface area contributed by atoms with Crippen LogP contribution in [0.25, 0.3) is 11.4 Å². The van der Waals surface area contributed by atoms with E-state index < -0.39 is 0 Å². The second kappa shape index (κ2) is 4.93. The summed E-state index contributed by atoms with van der Waals surface area (Å²) in [7, 11) is 0. The van der Waals surface area contributed by atoms with Crippen LogP contribution in [0.1, 0.15) is 11.1 Å². The fourth-order valence-corrected chi connectivity index (χ4v) is 2.05. The second-order valence-electron chi connectivity index (χ2n) is 3.51. The summed E-state index contributed by atoms with van der Waals surface area (Å²) in [6.07, 6.45) is 3.52. The van der Waals surface area contributed by atoms with Crippen molar-refractivity contribution in [1.29, 1.82) is 0 Å². The van der Waals surface area contributed by atoms with Gasteiger partial charge in [0.2, 0.25) is 0 Å². The molecule has 0 saturated heterocycles. The van der Waals surface area contributed by atoms with Gasteiger partial charge in [-0.05, 0) is 30.7 Å². The van der Waals surface area contributed by atoms with E-state index in [1.807, 2.05) is 25.1 Å². The smallest absolute Gasteiger partial charge is 0.159 e. The van der Waals surface area contributed by atoms with Gasteiger partial charge in [0.25, 0.3) is 0 Å². The topological polar surface area (TPSA) is 25.8 Å². The molecular formula is C12H10BrClN2. The van der Waals surface area contributed by atoms with E-state index in [0.29, 0.717) is 5.88 Å². The molecule has 1 aromatic carbocycles. The van der Waals surface area contributed by atoms with E-state index in [0.717, 1.165) is 27.0 Å². The van der Waals surface area contributed by atoms with Gasteiger partial charge in [-0.25, -0.2) is 9.97 Å². The molecule has 2 aromatic rings. The number of alkyl halides is 1. The summed E-state index contributed by atoms with van der Waals surface area (Å²) in [5.41, 5.74) is 3.12. The van der Waals surface area contributed by atoms with Crippen LogP contribution in [-0.2, 0) is 5.88 Å². The first-order chi connectivity index (χ1) is 7.70. The average molecular weight is 298 g/mol. The molecule has 2 rings (SSSR count). The average Bonchev–Trinajstić information content (AvgIpc) is 2.29. The minimum atomic E-state index is 0.444. The third kappa shape index (κ3) is 2.42. The third-order valence-electron chi connectivity index (χ3n) is 2.29. The lowest BCUT2D eigenvalue weighted by atomic mass is 10.1. The predicted molar refractivity (Wildman–Crippen MR) is 69.5 cm³/mol. The van der Waals surface area contributed by atoms with Crippen molar-refractivity contribution in [3.8, 4) is 11.4 Å². The number of rotatable bonds is 2. The van der Waals surface area contributed by atoms with Gasteiger partial charge in [-0.3, -0.25) is 0 Å². The molecule has 16 heavy (non-hydrogen) atoms. The zero-order chi connectivity index (χ0) is 11.5. The minimum Gasteiger partial charge on any atom is -0.236 e. The number of hydrogen-bond donors (Lipinski definition) is 0. The van der Waals surface area contributed by atoms with Crippen molar-refractivity contribution in [2.45, 2.75) is 12.8 Å². The number of aromatic nitrogens is 2. The molecule has 2 nitrogen and oxygen atoms in total. The third-order valence-corrected chi connectivity index (χ3v) is 3.09. The van der Waals surface area contributed by atoms with E-state index in [9.17, 15) is 0 Å². The number of benzene rings is 1. The molecule has 0 N–H and O–H groups in total. The van der Waals surface area contributed by atoms with Crippen LogP contribution in [0.2, 0.25) is 0 Å². The van der Waals surface area contributed by atoms with Crippen molar-refractivity contribution in [3.05, 3.63) is 46.2 Å². The Morgan fingerprint density at radius 3 is 2.50 bits per heavy atom. The molecule has 1 heterocycles. The number of hydrogen-bond acceptors (Lipinski definition) is 2. The molecule has 0 amide bonds. The van der Waals surface area contributed by atoms with Gasteiger partial charge in [0, 0.05) is 28.0 Å². The highest BCUT2D eigenvalue weighted by Gasteiger charge is 2.05. The first-order valence-corrected chi connectivity index (χ1v) is 6.17. The van der Waals surface area contributed by atoms with Crippen LogP contribution in [0, 0.1) is 6.92 Å². The Bertz CT molecular complexity index is 497. The Kier molecular flexibility index (Phi) is 3.56. The second-order valence-corrected chi connectivity index (χ2v) is 4.69. The summed E-state index contributed by atoms with van der Waals surface area (Å²) in [4.78, 5) is 8.60. The van der Waals surface area contributed by atoms with Crippen molar-refractivity contribution < 1.29 is 0 Å². The van der Waals surface area contributed by atoms with Crippen LogP contribution in [0.3, 0.4) is 0 Å². The Labute approximate surface area is 108 Å². The van der Waals surface area contributed by atoms with Crippen LogP contribution in [0.4, 0.5) is 0 Å². The monoisotopic (exact) mass is 296 g/mol. The summed E-state index contributed by atoms with van der Waals surface area (Å²) in [6.45, 7) is 2.04. The van der Waals surface area contributed by atoms with Gasteiger partial charge in [0.1, 0.15) is 0 Å². The Morgan fingerprint density at radius 1 is 1.25 bits per heavy atom. The van der Waals surface area contributed by atoms with Crippen molar-refractivity contribution in [2.24, 2.45) is 0 Å². The number of halogens is 2. The van der Waals surface area contributed by atoms with Crippen LogP contribution in [-0.4, -0.2) is 9.97 Å². The molecule has 0 aliphatic carbocycles. The summed E-state index contributed by atoms with van der Waals surface area (Å²) >= 11 is 9.12. The van der Waals surface area contributed by atoms with Crippen molar-refractivity contribution in [2.75, 3.05) is 0 Å². The van der Waals surface area contributed by atoms with Crippen LogP contribution < -0.4 is 0 Å². The SMILES string of the molecule is Cc1cc(Br)ccc1-c1ncc(CCl)cn1. The first kappa shape index (κ1) is 11.6. The summed E-state index contributed by atoms with van der Waals surface area (Å²) in [6, 6.07) is 6.05. The van der Waals surface area contributed by atoms with Gasteiger partial charge < -0.3 is 0 Å². The Morgan fingerprint density at radius 2 is 1.94 bits per heavy atom. The molecular weight excluding hydrogens is 288 g/mol. The normalized spacial score (nSPS) is 10.4. The largest absolute Gasteiger partial charge is 0.236 e. The highest BCUT2D eigenvalue weighted by molar-refractivity contribution is 9.10. The highest BCUT2D eigenvalue weighted by Crippen LogP contribution is 2.23. The van der Waals surface area contributed by atoms with Gasteiger partial charge in [-0.2, -0.15) is 0 Å². The molecule has 82 valence electrons. The number of nitrogens with zero attached hydrogens (tertiary/aromatic N) is 2. The highest BCUT2D eigenvalue weighted by atomic mass is 79.9. The molecule has 0 aliphatic rings. The van der Waals surface area contributed by atoms with E-state index in [2.05, 4.69) is 25.9 Å². The molecule has 0 fully saturated rings. The first-order valence-electron chi connectivity index (χ1n) is 4.84. The fourth-order valence-electron chi connectivity index (χ4n) is 1.44. The molecule has 0 unspecified atom stereocenters. The zero-order valence-corrected chi connectivity index (χ0v) is 11.1. The van der Waals surface area contributed by atoms with Gasteiger partial charge >= 0.3 is 0 Å². The molecule has 0 spiro atoms. The number of aryl methyl sites for hydroxylation is 1. The van der Waals surface area contributed by atoms with Crippen molar-refractivity contribution >= 4 is 27.5 Å². The maximum Gasteiger partial charge on any atom is 0.159 e. The van der Waals surface area contributed by atoms with E-state index in [1.54, 1.807) is 12.4 Å². The molecule has 0 atom stereocenters. The zero-order valence-electron chi connectivity index (χ0n) is 8.74. The summed E-state index contributed by atoms with van der Waals surface area (Å²) < 4.78 is 1.06. The van der Waals surface area contributed by atoms with Gasteiger partial charge in [0.05, 0.1) is 5.88 Å². The standard InChI is InChI=1S/C12H10BrClN2/c1-8-4-10(13)2-3-11(8)12-15-6-9(5-14)7-16-12/h2-4,6-7H,5H2,1H3. The Hall–Kier alpha value is -0.930.